The minimum absolute atomic E-state index is 0.238. The van der Waals surface area contributed by atoms with E-state index in [0.717, 1.165) is 41.8 Å². The SMILES string of the molecule is CN(C(=O)c1cnc(C(F)(F)F)nc1)c1cccc(C(=O)Nc2c(I)cc(C(F)(C(F)(F)F)C(F)(F)F)cc2C(F)(F)F)c1F. The van der Waals surface area contributed by atoms with E-state index < -0.39 is 97.1 Å². The molecular weight excluding hydrogens is 769 g/mol. The fraction of sp³-hybridized carbons (Fsp3) is 0.250. The summed E-state index contributed by atoms with van der Waals surface area (Å²) in [5, 5.41) is 1.52. The minimum Gasteiger partial charge on any atom is -0.320 e. The molecule has 0 unspecified atom stereocenters. The summed E-state index contributed by atoms with van der Waals surface area (Å²) in [6, 6.07) is 1.40. The number of hydrogen-bond acceptors (Lipinski definition) is 4. The van der Waals surface area contributed by atoms with Crippen molar-refractivity contribution in [2.45, 2.75) is 30.4 Å². The summed E-state index contributed by atoms with van der Waals surface area (Å²) in [7, 11) is 0.883. The second kappa shape index (κ2) is 11.9. The van der Waals surface area contributed by atoms with Crippen LogP contribution < -0.4 is 10.2 Å². The van der Waals surface area contributed by atoms with Gasteiger partial charge in [0, 0.05) is 28.6 Å². The Hall–Kier alpha value is -3.79. The third kappa shape index (κ3) is 6.90. The summed E-state index contributed by atoms with van der Waals surface area (Å²) < 4.78 is 187. The molecule has 0 aliphatic rings. The van der Waals surface area contributed by atoms with Crippen molar-refractivity contribution in [2.75, 3.05) is 17.3 Å². The topological polar surface area (TPSA) is 75.2 Å². The number of alkyl halides is 13. The van der Waals surface area contributed by atoms with E-state index in [0.29, 0.717) is 23.4 Å². The molecule has 45 heavy (non-hydrogen) atoms. The Morgan fingerprint density at radius 3 is 1.82 bits per heavy atom. The molecule has 0 bridgehead atoms. The van der Waals surface area contributed by atoms with Crippen LogP contribution >= 0.6 is 22.6 Å². The second-order valence-electron chi connectivity index (χ2n) is 8.78. The van der Waals surface area contributed by atoms with Crippen molar-refractivity contribution < 1.29 is 71.1 Å². The largest absolute Gasteiger partial charge is 0.451 e. The van der Waals surface area contributed by atoms with Gasteiger partial charge in [0.2, 0.25) is 5.82 Å². The number of benzene rings is 2. The number of carbonyl (C=O) groups excluding carboxylic acids is 2. The quantitative estimate of drug-likeness (QED) is 0.210. The Balaban J connectivity index is 2.04. The molecule has 0 spiro atoms. The summed E-state index contributed by atoms with van der Waals surface area (Å²) in [6.45, 7) is 0. The molecule has 0 aliphatic carbocycles. The normalized spacial score (nSPS) is 13.1. The highest BCUT2D eigenvalue weighted by atomic mass is 127. The van der Waals surface area contributed by atoms with E-state index in [1.54, 1.807) is 0 Å². The maximum absolute atomic E-state index is 15.3. The van der Waals surface area contributed by atoms with Gasteiger partial charge in [-0.1, -0.05) is 6.07 Å². The Morgan fingerprint density at radius 2 is 1.36 bits per heavy atom. The van der Waals surface area contributed by atoms with Crippen molar-refractivity contribution in [3.05, 3.63) is 80.2 Å². The third-order valence-corrected chi connectivity index (χ3v) is 6.71. The van der Waals surface area contributed by atoms with Gasteiger partial charge < -0.3 is 10.2 Å². The standard InChI is InChI=1S/C24H11F14IN4O2/c1-43(18(45)9-7-40-19(41-8-9)22(30,31)32)14-4-2-3-11(15(14)25)17(44)42-16-12(21(27,28)29)5-10(6-13(16)39)20(26,23(33,34)35)24(36,37)38/h2-8H,1H3,(H,42,44). The zero-order valence-corrected chi connectivity index (χ0v) is 23.5. The van der Waals surface area contributed by atoms with Crippen molar-refractivity contribution in [3.63, 3.8) is 0 Å². The number of rotatable bonds is 5. The first kappa shape index (κ1) is 35.7. The van der Waals surface area contributed by atoms with Gasteiger partial charge in [0.1, 0.15) is 0 Å². The van der Waals surface area contributed by atoms with E-state index in [2.05, 4.69) is 9.97 Å². The molecule has 6 nitrogen and oxygen atoms in total. The molecule has 0 saturated heterocycles. The molecule has 1 N–H and O–H groups in total. The summed E-state index contributed by atoms with van der Waals surface area (Å²) in [5.41, 5.74) is -15.0. The third-order valence-electron chi connectivity index (χ3n) is 5.85. The molecule has 2 amide bonds. The van der Waals surface area contributed by atoms with Crippen LogP contribution in [0.4, 0.5) is 72.8 Å². The number of aromatic nitrogens is 2. The minimum atomic E-state index is -6.76. The second-order valence-corrected chi connectivity index (χ2v) is 9.94. The lowest BCUT2D eigenvalue weighted by Crippen LogP contribution is -2.50. The lowest BCUT2D eigenvalue weighted by atomic mass is 9.92. The molecule has 0 aliphatic heterocycles. The summed E-state index contributed by atoms with van der Waals surface area (Å²) in [5.74, 6) is -6.17. The molecule has 3 aromatic rings. The van der Waals surface area contributed by atoms with Crippen LogP contribution in [0.15, 0.2) is 42.7 Å². The Morgan fingerprint density at radius 1 is 0.822 bits per heavy atom. The predicted octanol–water partition coefficient (Wildman–Crippen LogP) is 8.08. The highest BCUT2D eigenvalue weighted by Gasteiger charge is 2.73. The van der Waals surface area contributed by atoms with E-state index >= 15 is 4.39 Å². The average molecular weight is 780 g/mol. The van der Waals surface area contributed by atoms with Gasteiger partial charge in [-0.3, -0.25) is 9.59 Å². The monoisotopic (exact) mass is 780 g/mol. The van der Waals surface area contributed by atoms with E-state index in [1.807, 2.05) is 0 Å². The molecule has 21 heteroatoms. The first-order chi connectivity index (χ1) is 20.3. The van der Waals surface area contributed by atoms with Gasteiger partial charge in [0.25, 0.3) is 11.8 Å². The summed E-state index contributed by atoms with van der Waals surface area (Å²) in [4.78, 5) is 31.9. The lowest BCUT2D eigenvalue weighted by molar-refractivity contribution is -0.348. The Bertz CT molecular complexity index is 1600. The van der Waals surface area contributed by atoms with Gasteiger partial charge in [-0.2, -0.15) is 52.7 Å². The number of anilines is 2. The molecule has 3 rings (SSSR count). The van der Waals surface area contributed by atoms with E-state index in [9.17, 15) is 66.7 Å². The van der Waals surface area contributed by atoms with Crippen LogP contribution in [0.25, 0.3) is 0 Å². The molecule has 244 valence electrons. The molecule has 1 aromatic heterocycles. The zero-order chi connectivity index (χ0) is 34.5. The molecule has 2 aromatic carbocycles. The maximum Gasteiger partial charge on any atom is 0.451 e. The first-order valence-electron chi connectivity index (χ1n) is 11.3. The van der Waals surface area contributed by atoms with Crippen LogP contribution in [0, 0.1) is 9.39 Å². The smallest absolute Gasteiger partial charge is 0.320 e. The van der Waals surface area contributed by atoms with Crippen LogP contribution in [0.1, 0.15) is 37.7 Å². The van der Waals surface area contributed by atoms with Crippen LogP contribution in [-0.4, -0.2) is 41.2 Å². The maximum atomic E-state index is 15.3. The average Bonchev–Trinajstić information content (AvgIpc) is 2.90. The van der Waals surface area contributed by atoms with Gasteiger partial charge in [-0.25, -0.2) is 18.7 Å². The Kier molecular flexibility index (Phi) is 9.40. The molecule has 0 atom stereocenters. The lowest BCUT2D eigenvalue weighted by Gasteiger charge is -2.31. The van der Waals surface area contributed by atoms with Gasteiger partial charge in [-0.15, -0.1) is 0 Å². The van der Waals surface area contributed by atoms with Crippen molar-refractivity contribution in [1.29, 1.82) is 0 Å². The molecular formula is C24H11F14IN4O2. The fourth-order valence-corrected chi connectivity index (χ4v) is 4.43. The predicted molar refractivity (Wildman–Crippen MR) is 133 cm³/mol. The number of halogens is 15. The van der Waals surface area contributed by atoms with Crippen molar-refractivity contribution >= 4 is 45.8 Å². The van der Waals surface area contributed by atoms with Crippen LogP contribution in [-0.2, 0) is 18.0 Å². The van der Waals surface area contributed by atoms with Gasteiger partial charge >= 0.3 is 30.4 Å². The molecule has 0 radical (unpaired) electrons. The number of amides is 2. The van der Waals surface area contributed by atoms with Crippen LogP contribution in [0.2, 0.25) is 0 Å². The zero-order valence-electron chi connectivity index (χ0n) is 21.4. The number of nitrogens with zero attached hydrogens (tertiary/aromatic N) is 3. The van der Waals surface area contributed by atoms with Crippen molar-refractivity contribution in [3.8, 4) is 0 Å². The van der Waals surface area contributed by atoms with Gasteiger partial charge in [0.15, 0.2) is 5.82 Å². The summed E-state index contributed by atoms with van der Waals surface area (Å²) in [6.07, 6.45) is -23.4. The first-order valence-corrected chi connectivity index (χ1v) is 12.4. The van der Waals surface area contributed by atoms with Gasteiger partial charge in [-0.05, 0) is 46.9 Å². The number of hydrogen-bond donors (Lipinski definition) is 1. The highest BCUT2D eigenvalue weighted by Crippen LogP contribution is 2.54. The van der Waals surface area contributed by atoms with Crippen molar-refractivity contribution in [2.24, 2.45) is 0 Å². The number of carbonyl (C=O) groups is 2. The summed E-state index contributed by atoms with van der Waals surface area (Å²) >= 11 is 0.804. The van der Waals surface area contributed by atoms with Gasteiger partial charge in [0.05, 0.1) is 28.1 Å². The highest BCUT2D eigenvalue weighted by molar-refractivity contribution is 14.1. The van der Waals surface area contributed by atoms with E-state index in [1.165, 1.54) is 5.32 Å². The Labute approximate surface area is 254 Å². The molecule has 0 saturated carbocycles. The fourth-order valence-electron chi connectivity index (χ4n) is 3.67. The van der Waals surface area contributed by atoms with Crippen LogP contribution in [0.3, 0.4) is 0 Å². The van der Waals surface area contributed by atoms with Crippen LogP contribution in [0.5, 0.6) is 0 Å². The van der Waals surface area contributed by atoms with E-state index in [4.69, 9.17) is 0 Å². The number of nitrogens with one attached hydrogen (secondary N) is 1. The van der Waals surface area contributed by atoms with Crippen molar-refractivity contribution in [1.82, 2.24) is 9.97 Å². The van der Waals surface area contributed by atoms with E-state index in [-0.39, 0.29) is 6.07 Å². The molecule has 0 fully saturated rings. The molecule has 1 heterocycles.